The van der Waals surface area contributed by atoms with Crippen LogP contribution < -0.4 is 4.74 Å². The summed E-state index contributed by atoms with van der Waals surface area (Å²) in [5.74, 6) is 0.798. The first kappa shape index (κ1) is 13.4. The number of nitriles is 1. The number of halogens is 1. The molecule has 3 nitrogen and oxygen atoms in total. The van der Waals surface area contributed by atoms with Crippen LogP contribution in [-0.4, -0.2) is 4.98 Å². The Labute approximate surface area is 117 Å². The molecule has 0 unspecified atom stereocenters. The number of benzene rings is 1. The van der Waals surface area contributed by atoms with Gasteiger partial charge in [0.2, 0.25) is 5.88 Å². The molecule has 0 saturated heterocycles. The molecule has 0 bridgehead atoms. The van der Waals surface area contributed by atoms with E-state index in [0.29, 0.717) is 22.2 Å². The zero-order valence-electron chi connectivity index (χ0n) is 11.0. The number of hydrogen-bond donors (Lipinski definition) is 0. The van der Waals surface area contributed by atoms with Crippen LogP contribution in [-0.2, 0) is 0 Å². The van der Waals surface area contributed by atoms with Crippen molar-refractivity contribution in [3.05, 3.63) is 51.7 Å². The van der Waals surface area contributed by atoms with E-state index in [-0.39, 0.29) is 0 Å². The standard InChI is InChI=1S/C15H13ClN2O/c1-9-4-5-14(13(16)6-9)19-15-12(8-17)10(2)7-11(3)18-15/h4-7H,1-3H3. The highest BCUT2D eigenvalue weighted by atomic mass is 35.5. The van der Waals surface area contributed by atoms with Crippen LogP contribution in [0.2, 0.25) is 5.02 Å². The van der Waals surface area contributed by atoms with E-state index in [1.54, 1.807) is 6.07 Å². The molecule has 96 valence electrons. The van der Waals surface area contributed by atoms with Gasteiger partial charge in [-0.3, -0.25) is 0 Å². The minimum Gasteiger partial charge on any atom is -0.436 e. The summed E-state index contributed by atoms with van der Waals surface area (Å²) in [5.41, 5.74) is 3.12. The van der Waals surface area contributed by atoms with Crippen LogP contribution in [0.1, 0.15) is 22.4 Å². The fourth-order valence-corrected chi connectivity index (χ4v) is 2.08. The first-order chi connectivity index (χ1) is 9.01. The van der Waals surface area contributed by atoms with E-state index in [9.17, 15) is 5.26 Å². The number of rotatable bonds is 2. The third-order valence-electron chi connectivity index (χ3n) is 2.72. The molecule has 0 N–H and O–H groups in total. The van der Waals surface area contributed by atoms with Crippen molar-refractivity contribution < 1.29 is 4.74 Å². The maximum absolute atomic E-state index is 9.18. The predicted molar refractivity (Wildman–Crippen MR) is 74.7 cm³/mol. The van der Waals surface area contributed by atoms with E-state index in [1.807, 2.05) is 39.0 Å². The molecule has 2 aromatic rings. The van der Waals surface area contributed by atoms with Crippen molar-refractivity contribution in [1.29, 1.82) is 5.26 Å². The van der Waals surface area contributed by atoms with Crippen molar-refractivity contribution in [2.75, 3.05) is 0 Å². The van der Waals surface area contributed by atoms with Crippen LogP contribution >= 0.6 is 11.6 Å². The fraction of sp³-hybridized carbons (Fsp3) is 0.200. The molecule has 2 rings (SSSR count). The van der Waals surface area contributed by atoms with Gasteiger partial charge in [0.25, 0.3) is 0 Å². The number of hydrogen-bond acceptors (Lipinski definition) is 3. The normalized spacial score (nSPS) is 10.1. The van der Waals surface area contributed by atoms with Gasteiger partial charge in [0.05, 0.1) is 5.02 Å². The summed E-state index contributed by atoms with van der Waals surface area (Å²) in [6, 6.07) is 9.45. The second kappa shape index (κ2) is 5.29. The molecule has 19 heavy (non-hydrogen) atoms. The van der Waals surface area contributed by atoms with Crippen molar-refractivity contribution in [1.82, 2.24) is 4.98 Å². The van der Waals surface area contributed by atoms with Gasteiger partial charge >= 0.3 is 0 Å². The van der Waals surface area contributed by atoms with Crippen LogP contribution in [0.4, 0.5) is 0 Å². The molecule has 0 aliphatic heterocycles. The monoisotopic (exact) mass is 272 g/mol. The molecule has 1 heterocycles. The number of pyridine rings is 1. The quantitative estimate of drug-likeness (QED) is 0.818. The Morgan fingerprint density at radius 3 is 2.58 bits per heavy atom. The second-order valence-corrected chi connectivity index (χ2v) is 4.82. The largest absolute Gasteiger partial charge is 0.436 e. The van der Waals surface area contributed by atoms with Gasteiger partial charge in [0.15, 0.2) is 0 Å². The van der Waals surface area contributed by atoms with Gasteiger partial charge < -0.3 is 4.74 Å². The summed E-state index contributed by atoms with van der Waals surface area (Å²) >= 11 is 6.12. The molecule has 0 spiro atoms. The Hall–Kier alpha value is -2.05. The predicted octanol–water partition coefficient (Wildman–Crippen LogP) is 4.32. The molecular formula is C15H13ClN2O. The van der Waals surface area contributed by atoms with E-state index in [2.05, 4.69) is 11.1 Å². The first-order valence-electron chi connectivity index (χ1n) is 5.83. The first-order valence-corrected chi connectivity index (χ1v) is 6.21. The summed E-state index contributed by atoms with van der Waals surface area (Å²) in [7, 11) is 0. The Kier molecular flexibility index (Phi) is 3.73. The summed E-state index contributed by atoms with van der Waals surface area (Å²) in [6.45, 7) is 5.67. The lowest BCUT2D eigenvalue weighted by atomic mass is 10.1. The van der Waals surface area contributed by atoms with Gasteiger partial charge in [0, 0.05) is 5.69 Å². The molecule has 0 aliphatic carbocycles. The Balaban J connectivity index is 2.46. The molecule has 0 saturated carbocycles. The van der Waals surface area contributed by atoms with Crippen LogP contribution in [0.5, 0.6) is 11.6 Å². The van der Waals surface area contributed by atoms with Crippen molar-refractivity contribution in [3.8, 4) is 17.7 Å². The average molecular weight is 273 g/mol. The maximum Gasteiger partial charge on any atom is 0.237 e. The third kappa shape index (κ3) is 2.86. The highest BCUT2D eigenvalue weighted by Gasteiger charge is 2.12. The second-order valence-electron chi connectivity index (χ2n) is 4.41. The summed E-state index contributed by atoms with van der Waals surface area (Å²) in [4.78, 5) is 4.26. The molecule has 1 aromatic carbocycles. The Bertz CT molecular complexity index is 675. The molecule has 0 fully saturated rings. The molecule has 0 aliphatic rings. The van der Waals surface area contributed by atoms with Crippen molar-refractivity contribution in [3.63, 3.8) is 0 Å². The zero-order valence-corrected chi connectivity index (χ0v) is 11.7. The summed E-state index contributed by atoms with van der Waals surface area (Å²) in [5, 5.41) is 9.68. The fourth-order valence-electron chi connectivity index (χ4n) is 1.81. The van der Waals surface area contributed by atoms with Crippen LogP contribution in [0.15, 0.2) is 24.3 Å². The molecular weight excluding hydrogens is 260 g/mol. The SMILES string of the molecule is Cc1ccc(Oc2nc(C)cc(C)c2C#N)c(Cl)c1. The van der Waals surface area contributed by atoms with Gasteiger partial charge in [-0.1, -0.05) is 17.7 Å². The molecule has 4 heteroatoms. The average Bonchev–Trinajstić information content (AvgIpc) is 2.32. The smallest absolute Gasteiger partial charge is 0.237 e. The lowest BCUT2D eigenvalue weighted by molar-refractivity contribution is 0.459. The van der Waals surface area contributed by atoms with Crippen LogP contribution in [0, 0.1) is 32.1 Å². The molecule has 0 atom stereocenters. The number of ether oxygens (including phenoxy) is 1. The van der Waals surface area contributed by atoms with Gasteiger partial charge in [-0.05, 0) is 50.1 Å². The third-order valence-corrected chi connectivity index (χ3v) is 3.01. The van der Waals surface area contributed by atoms with E-state index >= 15 is 0 Å². The van der Waals surface area contributed by atoms with Crippen molar-refractivity contribution >= 4 is 11.6 Å². The lowest BCUT2D eigenvalue weighted by Gasteiger charge is -2.10. The van der Waals surface area contributed by atoms with Gasteiger partial charge in [0.1, 0.15) is 17.4 Å². The zero-order chi connectivity index (χ0) is 14.0. The van der Waals surface area contributed by atoms with E-state index in [1.165, 1.54) is 0 Å². The van der Waals surface area contributed by atoms with E-state index in [0.717, 1.165) is 16.8 Å². The van der Waals surface area contributed by atoms with Gasteiger partial charge in [-0.2, -0.15) is 5.26 Å². The Morgan fingerprint density at radius 2 is 1.95 bits per heavy atom. The number of aryl methyl sites for hydroxylation is 3. The molecule has 0 amide bonds. The van der Waals surface area contributed by atoms with Crippen molar-refractivity contribution in [2.24, 2.45) is 0 Å². The molecule has 0 radical (unpaired) electrons. The lowest BCUT2D eigenvalue weighted by Crippen LogP contribution is -1.97. The number of aromatic nitrogens is 1. The van der Waals surface area contributed by atoms with Crippen LogP contribution in [0.25, 0.3) is 0 Å². The topological polar surface area (TPSA) is 45.9 Å². The van der Waals surface area contributed by atoms with Crippen LogP contribution in [0.3, 0.4) is 0 Å². The summed E-state index contributed by atoms with van der Waals surface area (Å²) in [6.07, 6.45) is 0. The Morgan fingerprint density at radius 1 is 1.21 bits per heavy atom. The van der Waals surface area contributed by atoms with Gasteiger partial charge in [-0.15, -0.1) is 0 Å². The highest BCUT2D eigenvalue weighted by Crippen LogP contribution is 2.31. The number of nitrogens with zero attached hydrogens (tertiary/aromatic N) is 2. The maximum atomic E-state index is 9.18. The van der Waals surface area contributed by atoms with Crippen molar-refractivity contribution in [2.45, 2.75) is 20.8 Å². The van der Waals surface area contributed by atoms with Gasteiger partial charge in [-0.25, -0.2) is 4.98 Å². The molecule has 1 aromatic heterocycles. The van der Waals surface area contributed by atoms with E-state index in [4.69, 9.17) is 16.3 Å². The summed E-state index contributed by atoms with van der Waals surface area (Å²) < 4.78 is 5.68. The van der Waals surface area contributed by atoms with E-state index < -0.39 is 0 Å². The minimum atomic E-state index is 0.297. The highest BCUT2D eigenvalue weighted by molar-refractivity contribution is 6.32. The minimum absolute atomic E-state index is 0.297.